The van der Waals surface area contributed by atoms with Gasteiger partial charge in [-0.1, -0.05) is 39.8 Å². The maximum absolute atomic E-state index is 5.95. The molecule has 0 aliphatic heterocycles. The fourth-order valence-corrected chi connectivity index (χ4v) is 2.60. The first-order chi connectivity index (χ1) is 9.40. The molecule has 108 valence electrons. The Kier molecular flexibility index (Phi) is 4.33. The number of ether oxygens (including phenoxy) is 1. The molecule has 0 amide bonds. The standard InChI is InChI=1S/C16H22N2OS/c1-5-11-6-7-14(13(8-11)16(2,3)4)19-9-12-10-20-15(17)18-12/h6-8,10H,5,9H2,1-4H3,(H2,17,18). The van der Waals surface area contributed by atoms with Crippen molar-refractivity contribution in [1.29, 1.82) is 0 Å². The highest BCUT2D eigenvalue weighted by molar-refractivity contribution is 7.13. The van der Waals surface area contributed by atoms with Gasteiger partial charge >= 0.3 is 0 Å². The van der Waals surface area contributed by atoms with Gasteiger partial charge in [0.05, 0.1) is 5.69 Å². The molecule has 2 aromatic rings. The van der Waals surface area contributed by atoms with E-state index < -0.39 is 0 Å². The Morgan fingerprint density at radius 2 is 2.05 bits per heavy atom. The summed E-state index contributed by atoms with van der Waals surface area (Å²) >= 11 is 1.44. The molecule has 1 aromatic heterocycles. The molecule has 0 saturated carbocycles. The van der Waals surface area contributed by atoms with Crippen LogP contribution in [0.25, 0.3) is 0 Å². The summed E-state index contributed by atoms with van der Waals surface area (Å²) in [5, 5.41) is 2.52. The molecule has 0 spiro atoms. The summed E-state index contributed by atoms with van der Waals surface area (Å²) in [6, 6.07) is 6.43. The third kappa shape index (κ3) is 3.51. The molecule has 2 rings (SSSR count). The van der Waals surface area contributed by atoms with E-state index in [1.165, 1.54) is 22.5 Å². The zero-order chi connectivity index (χ0) is 14.8. The second kappa shape index (κ2) is 5.83. The van der Waals surface area contributed by atoms with Gasteiger partial charge in [-0.05, 0) is 29.0 Å². The van der Waals surface area contributed by atoms with Gasteiger partial charge in [-0.15, -0.1) is 11.3 Å². The van der Waals surface area contributed by atoms with Gasteiger partial charge in [0.25, 0.3) is 0 Å². The Bertz CT molecular complexity index is 584. The summed E-state index contributed by atoms with van der Waals surface area (Å²) < 4.78 is 5.95. The van der Waals surface area contributed by atoms with Crippen LogP contribution < -0.4 is 10.5 Å². The van der Waals surface area contributed by atoms with Crippen molar-refractivity contribution in [2.75, 3.05) is 5.73 Å². The summed E-state index contributed by atoms with van der Waals surface area (Å²) in [5.74, 6) is 0.932. The van der Waals surface area contributed by atoms with Crippen LogP contribution in [0.5, 0.6) is 5.75 Å². The number of nitrogen functional groups attached to an aromatic ring is 1. The minimum atomic E-state index is 0.0572. The second-order valence-corrected chi connectivity index (χ2v) is 6.79. The predicted octanol–water partition coefficient (Wildman–Crippen LogP) is 4.16. The number of rotatable bonds is 4. The van der Waals surface area contributed by atoms with Crippen molar-refractivity contribution in [3.63, 3.8) is 0 Å². The monoisotopic (exact) mass is 290 g/mol. The Morgan fingerprint density at radius 3 is 2.60 bits per heavy atom. The lowest BCUT2D eigenvalue weighted by Gasteiger charge is -2.23. The first kappa shape index (κ1) is 14.9. The van der Waals surface area contributed by atoms with Gasteiger partial charge in [-0.3, -0.25) is 0 Å². The lowest BCUT2D eigenvalue weighted by atomic mass is 9.85. The van der Waals surface area contributed by atoms with Gasteiger partial charge in [-0.25, -0.2) is 4.98 Å². The Labute approximate surface area is 124 Å². The third-order valence-electron chi connectivity index (χ3n) is 3.21. The molecule has 0 radical (unpaired) electrons. The molecule has 4 heteroatoms. The van der Waals surface area contributed by atoms with Crippen LogP contribution in [0.4, 0.5) is 5.13 Å². The fraction of sp³-hybridized carbons (Fsp3) is 0.438. The van der Waals surface area contributed by atoms with Crippen LogP contribution >= 0.6 is 11.3 Å². The SMILES string of the molecule is CCc1ccc(OCc2csc(N)n2)c(C(C)(C)C)c1. The van der Waals surface area contributed by atoms with Gasteiger partial charge in [0.15, 0.2) is 5.13 Å². The van der Waals surface area contributed by atoms with Crippen molar-refractivity contribution < 1.29 is 4.74 Å². The average Bonchev–Trinajstić information content (AvgIpc) is 2.81. The van der Waals surface area contributed by atoms with Crippen molar-refractivity contribution in [1.82, 2.24) is 4.98 Å². The lowest BCUT2D eigenvalue weighted by molar-refractivity contribution is 0.294. The summed E-state index contributed by atoms with van der Waals surface area (Å²) in [7, 11) is 0. The molecule has 0 atom stereocenters. The second-order valence-electron chi connectivity index (χ2n) is 5.90. The van der Waals surface area contributed by atoms with Crippen molar-refractivity contribution in [3.05, 3.63) is 40.4 Å². The summed E-state index contributed by atoms with van der Waals surface area (Å²) in [5.41, 5.74) is 9.14. The lowest BCUT2D eigenvalue weighted by Crippen LogP contribution is -2.14. The quantitative estimate of drug-likeness (QED) is 0.919. The minimum Gasteiger partial charge on any atom is -0.487 e. The van der Waals surface area contributed by atoms with Gasteiger partial charge in [0.2, 0.25) is 0 Å². The van der Waals surface area contributed by atoms with E-state index >= 15 is 0 Å². The van der Waals surface area contributed by atoms with E-state index in [1.807, 2.05) is 5.38 Å². The van der Waals surface area contributed by atoms with Gasteiger partial charge in [0.1, 0.15) is 12.4 Å². The van der Waals surface area contributed by atoms with Crippen LogP contribution in [0.1, 0.15) is 44.5 Å². The van der Waals surface area contributed by atoms with Crippen LogP contribution in [0.3, 0.4) is 0 Å². The normalized spacial score (nSPS) is 11.6. The highest BCUT2D eigenvalue weighted by Gasteiger charge is 2.19. The number of anilines is 1. The molecule has 1 aromatic carbocycles. The molecule has 3 nitrogen and oxygen atoms in total. The predicted molar refractivity (Wildman–Crippen MR) is 85.4 cm³/mol. The molecule has 0 fully saturated rings. The maximum atomic E-state index is 5.95. The number of thiazole rings is 1. The van der Waals surface area contributed by atoms with Crippen LogP contribution in [-0.2, 0) is 18.4 Å². The van der Waals surface area contributed by atoms with Crippen molar-refractivity contribution in [3.8, 4) is 5.75 Å². The molecular weight excluding hydrogens is 268 g/mol. The molecule has 2 N–H and O–H groups in total. The Balaban J connectivity index is 2.22. The van der Waals surface area contributed by atoms with Crippen LogP contribution in [0.2, 0.25) is 0 Å². The number of nitrogens with zero attached hydrogens (tertiary/aromatic N) is 1. The average molecular weight is 290 g/mol. The van der Waals surface area contributed by atoms with Crippen molar-refractivity contribution in [2.45, 2.75) is 46.1 Å². The van der Waals surface area contributed by atoms with E-state index in [0.29, 0.717) is 11.7 Å². The number of hydrogen-bond acceptors (Lipinski definition) is 4. The highest BCUT2D eigenvalue weighted by Crippen LogP contribution is 2.33. The largest absolute Gasteiger partial charge is 0.487 e. The van der Waals surface area contributed by atoms with E-state index in [-0.39, 0.29) is 5.41 Å². The molecule has 0 saturated heterocycles. The number of nitrogens with two attached hydrogens (primary N) is 1. The molecule has 0 bridgehead atoms. The highest BCUT2D eigenvalue weighted by atomic mass is 32.1. The molecule has 1 heterocycles. The van der Waals surface area contributed by atoms with Crippen LogP contribution in [0, 0.1) is 0 Å². The molecule has 20 heavy (non-hydrogen) atoms. The third-order valence-corrected chi connectivity index (χ3v) is 3.93. The van der Waals surface area contributed by atoms with Gasteiger partial charge in [-0.2, -0.15) is 0 Å². The first-order valence-corrected chi connectivity index (χ1v) is 7.74. The topological polar surface area (TPSA) is 48.1 Å². The molecular formula is C16H22N2OS. The first-order valence-electron chi connectivity index (χ1n) is 6.86. The van der Waals surface area contributed by atoms with Crippen molar-refractivity contribution in [2.24, 2.45) is 0 Å². The van der Waals surface area contributed by atoms with E-state index in [2.05, 4.69) is 50.9 Å². The summed E-state index contributed by atoms with van der Waals surface area (Å²) in [6.07, 6.45) is 1.03. The molecule has 0 aliphatic carbocycles. The van der Waals surface area contributed by atoms with Gasteiger partial charge < -0.3 is 10.5 Å². The molecule has 0 unspecified atom stereocenters. The number of hydrogen-bond donors (Lipinski definition) is 1. The maximum Gasteiger partial charge on any atom is 0.180 e. The molecule has 0 aliphatic rings. The number of aryl methyl sites for hydroxylation is 1. The number of benzene rings is 1. The van der Waals surface area contributed by atoms with E-state index in [4.69, 9.17) is 10.5 Å². The minimum absolute atomic E-state index is 0.0572. The van der Waals surface area contributed by atoms with E-state index in [1.54, 1.807) is 0 Å². The Morgan fingerprint density at radius 1 is 1.30 bits per heavy atom. The summed E-state index contributed by atoms with van der Waals surface area (Å²) in [4.78, 5) is 4.22. The smallest absolute Gasteiger partial charge is 0.180 e. The zero-order valence-corrected chi connectivity index (χ0v) is 13.4. The zero-order valence-electron chi connectivity index (χ0n) is 12.6. The Hall–Kier alpha value is -1.55. The van der Waals surface area contributed by atoms with Crippen LogP contribution in [-0.4, -0.2) is 4.98 Å². The van der Waals surface area contributed by atoms with Crippen LogP contribution in [0.15, 0.2) is 23.6 Å². The van der Waals surface area contributed by atoms with E-state index in [0.717, 1.165) is 17.9 Å². The number of aromatic nitrogens is 1. The van der Waals surface area contributed by atoms with Crippen molar-refractivity contribution >= 4 is 16.5 Å². The van der Waals surface area contributed by atoms with E-state index in [9.17, 15) is 0 Å². The fourth-order valence-electron chi connectivity index (χ4n) is 2.05. The van der Waals surface area contributed by atoms with Gasteiger partial charge in [0, 0.05) is 5.38 Å². The summed E-state index contributed by atoms with van der Waals surface area (Å²) in [6.45, 7) is 9.24.